The highest BCUT2D eigenvalue weighted by molar-refractivity contribution is 6.30. The quantitative estimate of drug-likeness (QED) is 0.514. The summed E-state index contributed by atoms with van der Waals surface area (Å²) in [6.07, 6.45) is 0. The number of anilines is 2. The number of para-hydroxylation sites is 1. The van der Waals surface area contributed by atoms with Gasteiger partial charge >= 0.3 is 0 Å². The highest BCUT2D eigenvalue weighted by Gasteiger charge is 2.08. The molecule has 112 valence electrons. The van der Waals surface area contributed by atoms with E-state index in [2.05, 4.69) is 33.7 Å². The van der Waals surface area contributed by atoms with E-state index in [0.717, 1.165) is 38.6 Å². The van der Waals surface area contributed by atoms with Crippen molar-refractivity contribution in [3.63, 3.8) is 0 Å². The summed E-state index contributed by atoms with van der Waals surface area (Å²) in [7, 11) is 0. The Morgan fingerprint density at radius 2 is 1.65 bits per heavy atom. The van der Waals surface area contributed by atoms with E-state index in [9.17, 15) is 0 Å². The van der Waals surface area contributed by atoms with Crippen LogP contribution in [0.5, 0.6) is 0 Å². The molecule has 4 rings (SSSR count). The van der Waals surface area contributed by atoms with E-state index in [1.54, 1.807) is 0 Å². The molecular weight excluding hydrogens is 306 g/mol. The zero-order chi connectivity index (χ0) is 15.6. The molecule has 0 bridgehead atoms. The fraction of sp³-hybridized carbons (Fsp3) is 0. The van der Waals surface area contributed by atoms with Crippen molar-refractivity contribution in [3.05, 3.63) is 77.8 Å². The van der Waals surface area contributed by atoms with Gasteiger partial charge in [0.25, 0.3) is 0 Å². The van der Waals surface area contributed by atoms with Crippen LogP contribution in [0.2, 0.25) is 5.02 Å². The van der Waals surface area contributed by atoms with E-state index in [-0.39, 0.29) is 0 Å². The Bertz CT molecular complexity index is 958. The number of hydrogen-bond acceptors (Lipinski definition) is 2. The molecule has 0 aliphatic heterocycles. The van der Waals surface area contributed by atoms with Crippen molar-refractivity contribution in [3.8, 4) is 11.3 Å². The number of rotatable bonds is 3. The topological polar surface area (TPSA) is 40.7 Å². The Hall–Kier alpha value is -2.78. The minimum Gasteiger partial charge on any atom is -0.356 e. The molecule has 0 spiro atoms. The number of benzene rings is 3. The summed E-state index contributed by atoms with van der Waals surface area (Å²) in [6.45, 7) is 0. The standard InChI is InChI=1S/C19H14ClN3/c20-14-8-10-15(11-9-14)21-16-5-3-4-13(12-16)19-17-6-1-2-7-18(17)22-23-19/h1-12,21H,(H,22,23). The van der Waals surface area contributed by atoms with Crippen LogP contribution >= 0.6 is 11.6 Å². The van der Waals surface area contributed by atoms with E-state index in [1.165, 1.54) is 0 Å². The van der Waals surface area contributed by atoms with Crippen molar-refractivity contribution in [1.29, 1.82) is 0 Å². The Kier molecular flexibility index (Phi) is 3.48. The largest absolute Gasteiger partial charge is 0.356 e. The summed E-state index contributed by atoms with van der Waals surface area (Å²) in [4.78, 5) is 0. The van der Waals surface area contributed by atoms with E-state index < -0.39 is 0 Å². The molecular formula is C19H14ClN3. The number of halogens is 1. The van der Waals surface area contributed by atoms with Gasteiger partial charge in [-0.3, -0.25) is 5.10 Å². The summed E-state index contributed by atoms with van der Waals surface area (Å²) in [5.74, 6) is 0. The van der Waals surface area contributed by atoms with Crippen molar-refractivity contribution in [2.75, 3.05) is 5.32 Å². The summed E-state index contributed by atoms with van der Waals surface area (Å²) < 4.78 is 0. The minimum absolute atomic E-state index is 0.729. The molecule has 1 aromatic heterocycles. The zero-order valence-electron chi connectivity index (χ0n) is 12.3. The second kappa shape index (κ2) is 5.78. The maximum absolute atomic E-state index is 5.92. The van der Waals surface area contributed by atoms with Gasteiger partial charge in [-0.1, -0.05) is 41.9 Å². The third-order valence-electron chi connectivity index (χ3n) is 3.74. The van der Waals surface area contributed by atoms with E-state index in [4.69, 9.17) is 11.6 Å². The number of nitrogens with one attached hydrogen (secondary N) is 2. The SMILES string of the molecule is Clc1ccc(Nc2cccc(-c3n[nH]c4ccccc34)c2)cc1. The summed E-state index contributed by atoms with van der Waals surface area (Å²) in [5.41, 5.74) is 5.08. The van der Waals surface area contributed by atoms with Crippen LogP contribution in [0, 0.1) is 0 Å². The van der Waals surface area contributed by atoms with Gasteiger partial charge in [0.2, 0.25) is 0 Å². The monoisotopic (exact) mass is 319 g/mol. The Morgan fingerprint density at radius 1 is 0.826 bits per heavy atom. The number of H-pyrrole nitrogens is 1. The van der Waals surface area contributed by atoms with Gasteiger partial charge in [0.05, 0.1) is 11.2 Å². The lowest BCUT2D eigenvalue weighted by atomic mass is 10.1. The Morgan fingerprint density at radius 3 is 2.52 bits per heavy atom. The first-order valence-electron chi connectivity index (χ1n) is 7.36. The van der Waals surface area contributed by atoms with Gasteiger partial charge in [-0.15, -0.1) is 0 Å². The normalized spacial score (nSPS) is 10.8. The van der Waals surface area contributed by atoms with Crippen LogP contribution in [0.25, 0.3) is 22.2 Å². The van der Waals surface area contributed by atoms with Gasteiger partial charge in [-0.05, 0) is 42.5 Å². The zero-order valence-corrected chi connectivity index (χ0v) is 13.0. The van der Waals surface area contributed by atoms with Gasteiger partial charge in [0.15, 0.2) is 0 Å². The Balaban J connectivity index is 1.70. The maximum atomic E-state index is 5.92. The molecule has 23 heavy (non-hydrogen) atoms. The Labute approximate surface area is 138 Å². The lowest BCUT2D eigenvalue weighted by Crippen LogP contribution is -1.90. The van der Waals surface area contributed by atoms with Crippen LogP contribution in [0.3, 0.4) is 0 Å². The van der Waals surface area contributed by atoms with E-state index in [0.29, 0.717) is 0 Å². The van der Waals surface area contributed by atoms with Crippen LogP contribution in [0.4, 0.5) is 11.4 Å². The molecule has 4 aromatic rings. The molecule has 0 amide bonds. The lowest BCUT2D eigenvalue weighted by molar-refractivity contribution is 1.12. The summed E-state index contributed by atoms with van der Waals surface area (Å²) in [6, 6.07) is 24.0. The fourth-order valence-corrected chi connectivity index (χ4v) is 2.75. The number of aromatic nitrogens is 2. The first-order chi connectivity index (χ1) is 11.3. The molecule has 0 saturated carbocycles. The van der Waals surface area contributed by atoms with Gasteiger partial charge < -0.3 is 5.32 Å². The van der Waals surface area contributed by atoms with Gasteiger partial charge in [-0.2, -0.15) is 5.10 Å². The highest BCUT2D eigenvalue weighted by Crippen LogP contribution is 2.29. The van der Waals surface area contributed by atoms with Crippen molar-refractivity contribution >= 4 is 33.9 Å². The van der Waals surface area contributed by atoms with Crippen LogP contribution in [-0.2, 0) is 0 Å². The number of fused-ring (bicyclic) bond motifs is 1. The number of nitrogens with zero attached hydrogens (tertiary/aromatic N) is 1. The van der Waals surface area contributed by atoms with Crippen molar-refractivity contribution in [2.45, 2.75) is 0 Å². The molecule has 3 nitrogen and oxygen atoms in total. The van der Waals surface area contributed by atoms with Crippen LogP contribution in [0.15, 0.2) is 72.8 Å². The average Bonchev–Trinajstić information content (AvgIpc) is 3.01. The first-order valence-corrected chi connectivity index (χ1v) is 7.73. The van der Waals surface area contributed by atoms with Crippen molar-refractivity contribution < 1.29 is 0 Å². The smallest absolute Gasteiger partial charge is 0.1000 e. The second-order valence-electron chi connectivity index (χ2n) is 5.33. The van der Waals surface area contributed by atoms with Gasteiger partial charge in [0.1, 0.15) is 0 Å². The fourth-order valence-electron chi connectivity index (χ4n) is 2.63. The predicted octanol–water partition coefficient (Wildman–Crippen LogP) is 5.63. The predicted molar refractivity (Wildman–Crippen MR) is 96.3 cm³/mol. The molecule has 0 aliphatic carbocycles. The number of aromatic amines is 1. The summed E-state index contributed by atoms with van der Waals surface area (Å²) >= 11 is 5.92. The van der Waals surface area contributed by atoms with Gasteiger partial charge in [-0.25, -0.2) is 0 Å². The highest BCUT2D eigenvalue weighted by atomic mass is 35.5. The summed E-state index contributed by atoms with van der Waals surface area (Å²) in [5, 5.41) is 12.8. The molecule has 1 heterocycles. The van der Waals surface area contributed by atoms with E-state index in [1.807, 2.05) is 54.6 Å². The molecule has 0 saturated heterocycles. The van der Waals surface area contributed by atoms with E-state index >= 15 is 0 Å². The van der Waals surface area contributed by atoms with Gasteiger partial charge in [0, 0.05) is 27.3 Å². The van der Waals surface area contributed by atoms with Crippen LogP contribution < -0.4 is 5.32 Å². The maximum Gasteiger partial charge on any atom is 0.1000 e. The molecule has 0 fully saturated rings. The van der Waals surface area contributed by atoms with Crippen molar-refractivity contribution in [1.82, 2.24) is 10.2 Å². The second-order valence-corrected chi connectivity index (χ2v) is 5.77. The van der Waals surface area contributed by atoms with Crippen LogP contribution in [-0.4, -0.2) is 10.2 Å². The third kappa shape index (κ3) is 2.79. The molecule has 3 aromatic carbocycles. The van der Waals surface area contributed by atoms with Crippen molar-refractivity contribution in [2.24, 2.45) is 0 Å². The van der Waals surface area contributed by atoms with Crippen LogP contribution in [0.1, 0.15) is 0 Å². The molecule has 2 N–H and O–H groups in total. The molecule has 0 unspecified atom stereocenters. The molecule has 4 heteroatoms. The first kappa shape index (κ1) is 13.9. The lowest BCUT2D eigenvalue weighted by Gasteiger charge is -2.08. The average molecular weight is 320 g/mol. The molecule has 0 aliphatic rings. The minimum atomic E-state index is 0.729. The third-order valence-corrected chi connectivity index (χ3v) is 3.99. The molecule has 0 atom stereocenters. The number of hydrogen-bond donors (Lipinski definition) is 2. The molecule has 0 radical (unpaired) electrons.